The number of rotatable bonds is 2. The molecule has 0 aliphatic rings. The molecule has 0 aliphatic heterocycles. The normalized spacial score (nSPS) is 10.4. The highest BCUT2D eigenvalue weighted by atomic mass is 19.3. The Balaban J connectivity index is 3.50. The van der Waals surface area contributed by atoms with E-state index in [4.69, 9.17) is 5.73 Å². The number of nitrogens with one attached hydrogen (secondary N) is 1. The average molecular weight is 188 g/mol. The van der Waals surface area contributed by atoms with Gasteiger partial charge in [0.15, 0.2) is 6.29 Å². The van der Waals surface area contributed by atoms with Crippen molar-refractivity contribution in [3.8, 4) is 0 Å². The molecule has 1 heterocycles. The highest BCUT2D eigenvalue weighted by Crippen LogP contribution is 2.24. The number of H-pyrrole nitrogens is 1. The van der Waals surface area contributed by atoms with Crippen LogP contribution in [0.25, 0.3) is 0 Å². The van der Waals surface area contributed by atoms with E-state index in [1.54, 1.807) is 0 Å². The molecule has 70 valence electrons. The van der Waals surface area contributed by atoms with Crippen LogP contribution in [0, 0.1) is 0 Å². The van der Waals surface area contributed by atoms with Crippen LogP contribution in [0.15, 0.2) is 11.0 Å². The number of alkyl halides is 2. The van der Waals surface area contributed by atoms with E-state index in [0.29, 0.717) is 0 Å². The number of carbonyl (C=O) groups excluding carboxylic acids is 1. The minimum Gasteiger partial charge on any atom is -0.394 e. The molecular weight excluding hydrogens is 182 g/mol. The fourth-order valence-electron chi connectivity index (χ4n) is 0.918. The van der Waals surface area contributed by atoms with Crippen molar-refractivity contribution in [1.82, 2.24) is 4.98 Å². The van der Waals surface area contributed by atoms with E-state index in [1.807, 2.05) is 0 Å². The highest BCUT2D eigenvalue weighted by Gasteiger charge is 2.18. The summed E-state index contributed by atoms with van der Waals surface area (Å²) in [4.78, 5) is 23.1. The van der Waals surface area contributed by atoms with Gasteiger partial charge in [-0.2, -0.15) is 0 Å². The molecule has 3 N–H and O–H groups in total. The summed E-state index contributed by atoms with van der Waals surface area (Å²) in [5, 5.41) is 0. The topological polar surface area (TPSA) is 76.0 Å². The molecule has 0 amide bonds. The molecule has 0 unspecified atom stereocenters. The van der Waals surface area contributed by atoms with Gasteiger partial charge in [0, 0.05) is 11.8 Å². The van der Waals surface area contributed by atoms with Crippen LogP contribution in [-0.4, -0.2) is 11.3 Å². The van der Waals surface area contributed by atoms with Crippen molar-refractivity contribution in [3.05, 3.63) is 27.7 Å². The molecule has 0 saturated heterocycles. The summed E-state index contributed by atoms with van der Waals surface area (Å²) < 4.78 is 24.5. The zero-order chi connectivity index (χ0) is 10.0. The standard InChI is InChI=1S/C7H6F2N2O2/c8-6(9)4-3(2-12)1-11-7(13)5(4)10/h1-2,6H,10H2,(H,11,13). The molecule has 1 aromatic rings. The van der Waals surface area contributed by atoms with Crippen molar-refractivity contribution in [2.45, 2.75) is 6.43 Å². The second kappa shape index (κ2) is 3.34. The molecule has 0 aromatic carbocycles. The molecule has 0 saturated carbocycles. The molecule has 0 atom stereocenters. The molecule has 13 heavy (non-hydrogen) atoms. The SMILES string of the molecule is Nc1c(C(F)F)c(C=O)c[nH]c1=O. The zero-order valence-electron chi connectivity index (χ0n) is 6.38. The molecule has 0 radical (unpaired) electrons. The fourth-order valence-corrected chi connectivity index (χ4v) is 0.918. The summed E-state index contributed by atoms with van der Waals surface area (Å²) in [6.45, 7) is 0. The van der Waals surface area contributed by atoms with Crippen LogP contribution in [0.4, 0.5) is 14.5 Å². The minimum absolute atomic E-state index is 0.216. The minimum atomic E-state index is -2.93. The Kier molecular flexibility index (Phi) is 2.41. The van der Waals surface area contributed by atoms with Gasteiger partial charge in [-0.1, -0.05) is 0 Å². The summed E-state index contributed by atoms with van der Waals surface area (Å²) in [7, 11) is 0. The van der Waals surface area contributed by atoms with Crippen LogP contribution < -0.4 is 11.3 Å². The number of nitrogen functional groups attached to an aromatic ring is 1. The van der Waals surface area contributed by atoms with Crippen LogP contribution in [0.1, 0.15) is 22.3 Å². The van der Waals surface area contributed by atoms with Crippen molar-refractivity contribution < 1.29 is 13.6 Å². The Bertz CT molecular complexity index is 387. The van der Waals surface area contributed by atoms with Crippen LogP contribution in [0.5, 0.6) is 0 Å². The first-order valence-electron chi connectivity index (χ1n) is 3.32. The molecule has 1 aromatic heterocycles. The van der Waals surface area contributed by atoms with Gasteiger partial charge in [0.1, 0.15) is 5.69 Å². The summed E-state index contributed by atoms with van der Waals surface area (Å²) in [5.41, 5.74) is 2.64. The first-order chi connectivity index (χ1) is 6.07. The second-order valence-electron chi connectivity index (χ2n) is 2.32. The molecule has 0 fully saturated rings. The maximum absolute atomic E-state index is 12.3. The number of anilines is 1. The van der Waals surface area contributed by atoms with Crippen LogP contribution in [0.2, 0.25) is 0 Å². The van der Waals surface area contributed by atoms with Crippen LogP contribution in [0.3, 0.4) is 0 Å². The molecule has 4 nitrogen and oxygen atoms in total. The maximum Gasteiger partial charge on any atom is 0.271 e. The maximum atomic E-state index is 12.3. The van der Waals surface area contributed by atoms with Crippen LogP contribution >= 0.6 is 0 Å². The lowest BCUT2D eigenvalue weighted by molar-refractivity contribution is 0.110. The summed E-state index contributed by atoms with van der Waals surface area (Å²) in [6.07, 6.45) is -1.80. The second-order valence-corrected chi connectivity index (χ2v) is 2.32. The van der Waals surface area contributed by atoms with Gasteiger partial charge in [-0.3, -0.25) is 9.59 Å². The lowest BCUT2D eigenvalue weighted by Gasteiger charge is -2.05. The van der Waals surface area contributed by atoms with Crippen molar-refractivity contribution in [2.75, 3.05) is 5.73 Å². The van der Waals surface area contributed by atoms with Gasteiger partial charge >= 0.3 is 0 Å². The van der Waals surface area contributed by atoms with Crippen molar-refractivity contribution >= 4 is 12.0 Å². The molecule has 1 rings (SSSR count). The third kappa shape index (κ3) is 1.56. The lowest BCUT2D eigenvalue weighted by atomic mass is 10.1. The predicted molar refractivity (Wildman–Crippen MR) is 41.8 cm³/mol. The van der Waals surface area contributed by atoms with Crippen LogP contribution in [-0.2, 0) is 0 Å². The quantitative estimate of drug-likeness (QED) is 0.671. The highest BCUT2D eigenvalue weighted by molar-refractivity contribution is 5.79. The van der Waals surface area contributed by atoms with E-state index in [0.717, 1.165) is 6.20 Å². The summed E-state index contributed by atoms with van der Waals surface area (Å²) >= 11 is 0. The third-order valence-electron chi connectivity index (χ3n) is 1.55. The van der Waals surface area contributed by atoms with E-state index in [1.165, 1.54) is 0 Å². The third-order valence-corrected chi connectivity index (χ3v) is 1.55. The number of carbonyl (C=O) groups is 1. The first kappa shape index (κ1) is 9.37. The van der Waals surface area contributed by atoms with Gasteiger partial charge < -0.3 is 10.7 Å². The van der Waals surface area contributed by atoms with E-state index >= 15 is 0 Å². The number of aromatic nitrogens is 1. The first-order valence-corrected chi connectivity index (χ1v) is 3.32. The van der Waals surface area contributed by atoms with E-state index in [-0.39, 0.29) is 11.8 Å². The monoisotopic (exact) mass is 188 g/mol. The number of aldehydes is 1. The Labute approximate surface area is 71.4 Å². The van der Waals surface area contributed by atoms with Gasteiger partial charge in [0.05, 0.1) is 5.56 Å². The molecule has 6 heteroatoms. The molecular formula is C7H6F2N2O2. The van der Waals surface area contributed by atoms with Crippen molar-refractivity contribution in [2.24, 2.45) is 0 Å². The Hall–Kier alpha value is -1.72. The Morgan fingerprint density at radius 2 is 2.15 bits per heavy atom. The largest absolute Gasteiger partial charge is 0.394 e. The number of pyridine rings is 1. The van der Waals surface area contributed by atoms with Crippen molar-refractivity contribution in [1.29, 1.82) is 0 Å². The number of halogens is 2. The van der Waals surface area contributed by atoms with Crippen molar-refractivity contribution in [3.63, 3.8) is 0 Å². The van der Waals surface area contributed by atoms with E-state index in [2.05, 4.69) is 4.98 Å². The number of hydrogen-bond acceptors (Lipinski definition) is 3. The Morgan fingerprint density at radius 3 is 2.62 bits per heavy atom. The number of hydrogen-bond donors (Lipinski definition) is 2. The molecule has 0 spiro atoms. The number of nitrogens with two attached hydrogens (primary N) is 1. The molecule has 0 bridgehead atoms. The fraction of sp³-hybridized carbons (Fsp3) is 0.143. The zero-order valence-corrected chi connectivity index (χ0v) is 6.38. The van der Waals surface area contributed by atoms with E-state index in [9.17, 15) is 18.4 Å². The summed E-state index contributed by atoms with van der Waals surface area (Å²) in [5.74, 6) is 0. The summed E-state index contributed by atoms with van der Waals surface area (Å²) in [6, 6.07) is 0. The van der Waals surface area contributed by atoms with Gasteiger partial charge in [-0.05, 0) is 0 Å². The average Bonchev–Trinajstić information content (AvgIpc) is 2.08. The smallest absolute Gasteiger partial charge is 0.271 e. The van der Waals surface area contributed by atoms with Gasteiger partial charge in [-0.25, -0.2) is 8.78 Å². The predicted octanol–water partition coefficient (Wildman–Crippen LogP) is 0.707. The van der Waals surface area contributed by atoms with Gasteiger partial charge in [-0.15, -0.1) is 0 Å². The van der Waals surface area contributed by atoms with Gasteiger partial charge in [0.2, 0.25) is 0 Å². The molecule has 0 aliphatic carbocycles. The van der Waals surface area contributed by atoms with E-state index < -0.39 is 23.2 Å². The number of aromatic amines is 1. The Morgan fingerprint density at radius 1 is 1.54 bits per heavy atom. The lowest BCUT2D eigenvalue weighted by Crippen LogP contribution is -2.16. The van der Waals surface area contributed by atoms with Gasteiger partial charge in [0.25, 0.3) is 12.0 Å².